The number of aromatic nitrogens is 2. The second-order valence-electron chi connectivity index (χ2n) is 1.92. The van der Waals surface area contributed by atoms with E-state index in [1.807, 2.05) is 0 Å². The Bertz CT molecular complexity index is 290. The topological polar surface area (TPSA) is 52.1 Å². The van der Waals surface area contributed by atoms with Crippen molar-refractivity contribution >= 4 is 21.9 Å². The van der Waals surface area contributed by atoms with Gasteiger partial charge in [0.1, 0.15) is 4.60 Å². The van der Waals surface area contributed by atoms with E-state index in [9.17, 15) is 4.79 Å². The molecule has 0 N–H and O–H groups in total. The summed E-state index contributed by atoms with van der Waals surface area (Å²) < 4.78 is 5.14. The molecule has 64 valence electrons. The number of ether oxygens (including phenoxy) is 1. The third-order valence-corrected chi connectivity index (χ3v) is 1.70. The Kier molecular flexibility index (Phi) is 3.16. The predicted molar refractivity (Wildman–Crippen MR) is 45.7 cm³/mol. The molecule has 5 heteroatoms. The van der Waals surface area contributed by atoms with Gasteiger partial charge in [-0.15, -0.1) is 0 Å². The molecule has 0 fully saturated rings. The third-order valence-electron chi connectivity index (χ3n) is 1.12. The second kappa shape index (κ2) is 4.15. The summed E-state index contributed by atoms with van der Waals surface area (Å²) in [7, 11) is 0. The van der Waals surface area contributed by atoms with Gasteiger partial charge >= 0.3 is 5.97 Å². The number of carbonyl (C=O) groups is 1. The SMILES string of the molecule is CCOC(=O)c1nccnc1Br. The molecule has 0 aromatic carbocycles. The molecule has 1 rings (SSSR count). The van der Waals surface area contributed by atoms with Gasteiger partial charge in [-0.25, -0.2) is 14.8 Å². The fourth-order valence-corrected chi connectivity index (χ4v) is 1.04. The highest BCUT2D eigenvalue weighted by Crippen LogP contribution is 2.10. The van der Waals surface area contributed by atoms with Crippen LogP contribution in [0.4, 0.5) is 0 Å². The van der Waals surface area contributed by atoms with E-state index in [0.717, 1.165) is 0 Å². The first-order chi connectivity index (χ1) is 5.75. The van der Waals surface area contributed by atoms with Crippen molar-refractivity contribution in [2.24, 2.45) is 0 Å². The molecular formula is C7H7BrN2O2. The van der Waals surface area contributed by atoms with Gasteiger partial charge in [0.25, 0.3) is 0 Å². The van der Waals surface area contributed by atoms with Gasteiger partial charge in [0.05, 0.1) is 6.61 Å². The first-order valence-corrected chi connectivity index (χ1v) is 4.18. The molecule has 1 heterocycles. The van der Waals surface area contributed by atoms with Crippen LogP contribution in [-0.4, -0.2) is 22.5 Å². The van der Waals surface area contributed by atoms with Crippen LogP contribution in [0.5, 0.6) is 0 Å². The lowest BCUT2D eigenvalue weighted by atomic mass is 10.4. The molecule has 0 radical (unpaired) electrons. The van der Waals surface area contributed by atoms with E-state index in [-0.39, 0.29) is 5.69 Å². The normalized spacial score (nSPS) is 9.50. The molecule has 0 saturated carbocycles. The minimum absolute atomic E-state index is 0.208. The Morgan fingerprint density at radius 3 is 2.83 bits per heavy atom. The summed E-state index contributed by atoms with van der Waals surface area (Å²) in [5.74, 6) is -0.461. The van der Waals surface area contributed by atoms with Crippen LogP contribution >= 0.6 is 15.9 Å². The van der Waals surface area contributed by atoms with Crippen molar-refractivity contribution < 1.29 is 9.53 Å². The fraction of sp³-hybridized carbons (Fsp3) is 0.286. The summed E-state index contributed by atoms with van der Waals surface area (Å²) in [6.07, 6.45) is 2.93. The van der Waals surface area contributed by atoms with Crippen molar-refractivity contribution in [3.8, 4) is 0 Å². The van der Waals surface area contributed by atoms with Gasteiger partial charge in [0, 0.05) is 12.4 Å². The van der Waals surface area contributed by atoms with Crippen molar-refractivity contribution in [2.45, 2.75) is 6.92 Å². The molecule has 0 aliphatic rings. The lowest BCUT2D eigenvalue weighted by molar-refractivity contribution is 0.0517. The summed E-state index contributed by atoms with van der Waals surface area (Å²) in [4.78, 5) is 18.8. The highest BCUT2D eigenvalue weighted by atomic mass is 79.9. The highest BCUT2D eigenvalue weighted by molar-refractivity contribution is 9.10. The molecule has 1 aromatic rings. The lowest BCUT2D eigenvalue weighted by Gasteiger charge is -2.00. The zero-order valence-electron chi connectivity index (χ0n) is 6.45. The molecule has 0 atom stereocenters. The van der Waals surface area contributed by atoms with E-state index in [4.69, 9.17) is 4.74 Å². The third kappa shape index (κ3) is 2.01. The van der Waals surface area contributed by atoms with E-state index in [1.54, 1.807) is 6.92 Å². The summed E-state index contributed by atoms with van der Waals surface area (Å²) in [6, 6.07) is 0. The van der Waals surface area contributed by atoms with E-state index in [1.165, 1.54) is 12.4 Å². The van der Waals surface area contributed by atoms with Crippen molar-refractivity contribution in [1.82, 2.24) is 9.97 Å². The summed E-state index contributed by atoms with van der Waals surface area (Å²) in [5, 5.41) is 0. The Balaban J connectivity index is 2.87. The minimum Gasteiger partial charge on any atom is -0.461 e. The Morgan fingerprint density at radius 1 is 1.58 bits per heavy atom. The number of hydrogen-bond acceptors (Lipinski definition) is 4. The molecule has 0 aliphatic carbocycles. The first-order valence-electron chi connectivity index (χ1n) is 3.39. The maximum atomic E-state index is 11.1. The molecule has 0 amide bonds. The average Bonchev–Trinajstić information content (AvgIpc) is 2.05. The van der Waals surface area contributed by atoms with E-state index in [2.05, 4.69) is 25.9 Å². The quantitative estimate of drug-likeness (QED) is 0.722. The highest BCUT2D eigenvalue weighted by Gasteiger charge is 2.12. The summed E-state index contributed by atoms with van der Waals surface area (Å²) >= 11 is 3.09. The molecule has 1 aromatic heterocycles. The number of esters is 1. The maximum Gasteiger partial charge on any atom is 0.359 e. The number of hydrogen-bond donors (Lipinski definition) is 0. The van der Waals surface area contributed by atoms with E-state index < -0.39 is 5.97 Å². The van der Waals surface area contributed by atoms with Crippen LogP contribution in [0.15, 0.2) is 17.0 Å². The van der Waals surface area contributed by atoms with Crippen LogP contribution in [0.1, 0.15) is 17.4 Å². The van der Waals surface area contributed by atoms with Crippen molar-refractivity contribution in [1.29, 1.82) is 0 Å². The number of nitrogens with zero attached hydrogens (tertiary/aromatic N) is 2. The Morgan fingerprint density at radius 2 is 2.25 bits per heavy atom. The van der Waals surface area contributed by atoms with Gasteiger partial charge in [-0.1, -0.05) is 0 Å². The number of carbonyl (C=O) groups excluding carboxylic acids is 1. The van der Waals surface area contributed by atoms with Crippen LogP contribution in [0.25, 0.3) is 0 Å². The zero-order chi connectivity index (χ0) is 8.97. The molecule has 0 saturated heterocycles. The van der Waals surface area contributed by atoms with Crippen molar-refractivity contribution in [3.63, 3.8) is 0 Å². The molecule has 0 unspecified atom stereocenters. The first kappa shape index (κ1) is 9.12. The molecule has 4 nitrogen and oxygen atoms in total. The zero-order valence-corrected chi connectivity index (χ0v) is 8.04. The fourth-order valence-electron chi connectivity index (χ4n) is 0.657. The molecule has 0 aliphatic heterocycles. The van der Waals surface area contributed by atoms with Gasteiger partial charge in [0.2, 0.25) is 0 Å². The lowest BCUT2D eigenvalue weighted by Crippen LogP contribution is -2.08. The van der Waals surface area contributed by atoms with Crippen LogP contribution in [0, 0.1) is 0 Å². The van der Waals surface area contributed by atoms with Crippen molar-refractivity contribution in [3.05, 3.63) is 22.7 Å². The monoisotopic (exact) mass is 230 g/mol. The van der Waals surface area contributed by atoms with E-state index >= 15 is 0 Å². The largest absolute Gasteiger partial charge is 0.461 e. The smallest absolute Gasteiger partial charge is 0.359 e. The molecule has 12 heavy (non-hydrogen) atoms. The summed E-state index contributed by atoms with van der Waals surface area (Å²) in [6.45, 7) is 2.07. The molecule has 0 spiro atoms. The van der Waals surface area contributed by atoms with E-state index in [0.29, 0.717) is 11.2 Å². The Labute approximate surface area is 78.1 Å². The van der Waals surface area contributed by atoms with Crippen molar-refractivity contribution in [2.75, 3.05) is 6.61 Å². The summed E-state index contributed by atoms with van der Waals surface area (Å²) in [5.41, 5.74) is 0.208. The van der Waals surface area contributed by atoms with Crippen LogP contribution < -0.4 is 0 Å². The molecular weight excluding hydrogens is 224 g/mol. The Hall–Kier alpha value is -0.970. The van der Waals surface area contributed by atoms with Crippen LogP contribution in [-0.2, 0) is 4.74 Å². The van der Waals surface area contributed by atoms with Gasteiger partial charge < -0.3 is 4.74 Å². The minimum atomic E-state index is -0.461. The van der Waals surface area contributed by atoms with Gasteiger partial charge in [0.15, 0.2) is 5.69 Å². The number of rotatable bonds is 2. The van der Waals surface area contributed by atoms with Gasteiger partial charge in [-0.2, -0.15) is 0 Å². The molecule has 0 bridgehead atoms. The number of halogens is 1. The predicted octanol–water partition coefficient (Wildman–Crippen LogP) is 1.42. The standard InChI is InChI=1S/C7H7BrN2O2/c1-2-12-7(11)5-6(8)10-4-3-9-5/h3-4H,2H2,1H3. The second-order valence-corrected chi connectivity index (χ2v) is 2.67. The van der Waals surface area contributed by atoms with Crippen LogP contribution in [0.2, 0.25) is 0 Å². The van der Waals surface area contributed by atoms with Crippen LogP contribution in [0.3, 0.4) is 0 Å². The average molecular weight is 231 g/mol. The maximum absolute atomic E-state index is 11.1. The van der Waals surface area contributed by atoms with Gasteiger partial charge in [-0.05, 0) is 22.9 Å². The van der Waals surface area contributed by atoms with Gasteiger partial charge in [-0.3, -0.25) is 0 Å².